The Kier molecular flexibility index (Phi) is 2.48. The fraction of sp³-hybridized carbons (Fsp3) is 0.250. The van der Waals surface area contributed by atoms with E-state index < -0.39 is 11.6 Å². The minimum Gasteiger partial charge on any atom is -0.505 e. The van der Waals surface area contributed by atoms with Crippen LogP contribution in [0.5, 0.6) is 17.2 Å². The number of hydrogen-bond acceptors (Lipinski definition) is 5. The van der Waals surface area contributed by atoms with Gasteiger partial charge >= 0.3 is 0 Å². The molecule has 0 atom stereocenters. The van der Waals surface area contributed by atoms with Gasteiger partial charge in [0.2, 0.25) is 0 Å². The van der Waals surface area contributed by atoms with Crippen LogP contribution in [-0.2, 0) is 7.05 Å². The topological polar surface area (TPSA) is 82.5 Å². The lowest BCUT2D eigenvalue weighted by atomic mass is 10.1. The Morgan fingerprint density at radius 2 is 2.11 bits per heavy atom. The van der Waals surface area contributed by atoms with Crippen molar-refractivity contribution in [2.75, 3.05) is 18.9 Å². The van der Waals surface area contributed by atoms with Crippen LogP contribution in [0.4, 0.5) is 10.2 Å². The smallest absolute Gasteiger partial charge is 0.178 e. The second kappa shape index (κ2) is 4.04. The second-order valence-electron chi connectivity index (χ2n) is 4.19. The summed E-state index contributed by atoms with van der Waals surface area (Å²) in [6.45, 7) is 0.661. The van der Waals surface area contributed by atoms with Crippen molar-refractivity contribution >= 4 is 5.82 Å². The van der Waals surface area contributed by atoms with Crippen molar-refractivity contribution in [1.82, 2.24) is 9.78 Å². The van der Waals surface area contributed by atoms with Gasteiger partial charge in [0.05, 0.1) is 5.56 Å². The average Bonchev–Trinajstić information content (AvgIpc) is 2.71. The number of phenols is 1. The minimum atomic E-state index is -0.803. The molecule has 3 rings (SSSR count). The van der Waals surface area contributed by atoms with E-state index in [9.17, 15) is 9.50 Å². The van der Waals surface area contributed by atoms with Gasteiger partial charge in [-0.05, 0) is 0 Å². The first-order valence-electron chi connectivity index (χ1n) is 5.69. The number of nitrogen functional groups attached to an aromatic ring is 1. The molecule has 19 heavy (non-hydrogen) atoms. The highest BCUT2D eigenvalue weighted by molar-refractivity contribution is 5.75. The van der Waals surface area contributed by atoms with Crippen molar-refractivity contribution in [2.24, 2.45) is 7.05 Å². The molecule has 0 radical (unpaired) electrons. The third-order valence-corrected chi connectivity index (χ3v) is 2.92. The van der Waals surface area contributed by atoms with Crippen LogP contribution in [0, 0.1) is 5.82 Å². The molecule has 0 bridgehead atoms. The summed E-state index contributed by atoms with van der Waals surface area (Å²) in [4.78, 5) is 0. The van der Waals surface area contributed by atoms with Gasteiger partial charge < -0.3 is 20.3 Å². The number of aromatic nitrogens is 2. The molecule has 1 aromatic carbocycles. The molecule has 6 nitrogen and oxygen atoms in total. The largest absolute Gasteiger partial charge is 0.505 e. The summed E-state index contributed by atoms with van der Waals surface area (Å²) in [6, 6.07) is 2.70. The highest BCUT2D eigenvalue weighted by atomic mass is 19.1. The lowest BCUT2D eigenvalue weighted by Crippen LogP contribution is -2.16. The van der Waals surface area contributed by atoms with Crippen LogP contribution in [-0.4, -0.2) is 28.1 Å². The lowest BCUT2D eigenvalue weighted by Gasteiger charge is -2.21. The average molecular weight is 265 g/mol. The maximum Gasteiger partial charge on any atom is 0.178 e. The molecule has 0 spiro atoms. The molecule has 0 unspecified atom stereocenters. The van der Waals surface area contributed by atoms with Crippen molar-refractivity contribution in [3.05, 3.63) is 17.9 Å². The summed E-state index contributed by atoms with van der Waals surface area (Å²) in [7, 11) is 1.64. The number of nitrogens with zero attached hydrogens (tertiary/aromatic N) is 2. The molecule has 0 fully saturated rings. The molecule has 1 aliphatic rings. The second-order valence-corrected chi connectivity index (χ2v) is 4.19. The Morgan fingerprint density at radius 1 is 1.37 bits per heavy atom. The van der Waals surface area contributed by atoms with Gasteiger partial charge in [-0.2, -0.15) is 5.10 Å². The molecule has 0 saturated heterocycles. The Hall–Kier alpha value is -2.44. The number of anilines is 1. The van der Waals surface area contributed by atoms with Crippen molar-refractivity contribution in [2.45, 2.75) is 0 Å². The molecule has 0 saturated carbocycles. The number of aryl methyl sites for hydroxylation is 1. The molecule has 7 heteroatoms. The Bertz CT molecular complexity index is 635. The molecular weight excluding hydrogens is 253 g/mol. The van der Waals surface area contributed by atoms with E-state index in [-0.39, 0.29) is 17.0 Å². The van der Waals surface area contributed by atoms with Gasteiger partial charge in [-0.25, -0.2) is 4.39 Å². The van der Waals surface area contributed by atoms with Crippen molar-refractivity contribution < 1.29 is 19.0 Å². The van der Waals surface area contributed by atoms with Crippen LogP contribution in [0.15, 0.2) is 12.1 Å². The van der Waals surface area contributed by atoms with E-state index in [1.165, 1.54) is 16.8 Å². The fourth-order valence-electron chi connectivity index (χ4n) is 1.98. The van der Waals surface area contributed by atoms with Crippen LogP contribution >= 0.6 is 0 Å². The Balaban J connectivity index is 2.26. The van der Waals surface area contributed by atoms with Gasteiger partial charge in [0.25, 0.3) is 0 Å². The quantitative estimate of drug-likeness (QED) is 0.811. The summed E-state index contributed by atoms with van der Waals surface area (Å²) in [5.41, 5.74) is 6.03. The van der Waals surface area contributed by atoms with Gasteiger partial charge in [-0.1, -0.05) is 0 Å². The van der Waals surface area contributed by atoms with Crippen LogP contribution in [0.25, 0.3) is 11.3 Å². The number of phenolic OH excluding ortho intramolecular Hbond substituents is 1. The zero-order valence-corrected chi connectivity index (χ0v) is 10.2. The maximum atomic E-state index is 14.1. The van der Waals surface area contributed by atoms with Crippen molar-refractivity contribution in [3.8, 4) is 28.5 Å². The van der Waals surface area contributed by atoms with E-state index >= 15 is 0 Å². The minimum absolute atomic E-state index is 0.0574. The van der Waals surface area contributed by atoms with Crippen LogP contribution in [0.1, 0.15) is 0 Å². The van der Waals surface area contributed by atoms with Crippen molar-refractivity contribution in [1.29, 1.82) is 0 Å². The molecule has 0 amide bonds. The molecule has 2 heterocycles. The molecule has 3 N–H and O–H groups in total. The molecule has 100 valence electrons. The normalized spacial score (nSPS) is 13.6. The third kappa shape index (κ3) is 1.74. The zero-order valence-electron chi connectivity index (χ0n) is 10.2. The van der Waals surface area contributed by atoms with Crippen LogP contribution in [0.2, 0.25) is 0 Å². The Morgan fingerprint density at radius 3 is 2.79 bits per heavy atom. The SMILES string of the molecule is Cn1nc(-c2c(F)c(O)cc3c2OCCO3)cc1N. The van der Waals surface area contributed by atoms with E-state index in [1.54, 1.807) is 7.05 Å². The fourth-order valence-corrected chi connectivity index (χ4v) is 1.98. The predicted molar refractivity (Wildman–Crippen MR) is 65.7 cm³/mol. The summed E-state index contributed by atoms with van der Waals surface area (Å²) in [5.74, 6) is -0.405. The highest BCUT2D eigenvalue weighted by Crippen LogP contribution is 2.45. The van der Waals surface area contributed by atoms with E-state index in [1.807, 2.05) is 0 Å². The van der Waals surface area contributed by atoms with Gasteiger partial charge in [0.1, 0.15) is 24.7 Å². The van der Waals surface area contributed by atoms with Gasteiger partial charge in [-0.3, -0.25) is 4.68 Å². The number of rotatable bonds is 1. The van der Waals surface area contributed by atoms with Gasteiger partial charge in [0, 0.05) is 19.2 Å². The summed E-state index contributed by atoms with van der Waals surface area (Å²) < 4.78 is 26.3. The number of ether oxygens (including phenoxy) is 2. The monoisotopic (exact) mass is 265 g/mol. The molecule has 1 aromatic heterocycles. The first kappa shape index (κ1) is 11.6. The summed E-state index contributed by atoms with van der Waals surface area (Å²) in [5, 5.41) is 13.7. The zero-order chi connectivity index (χ0) is 13.6. The van der Waals surface area contributed by atoms with E-state index in [2.05, 4.69) is 5.10 Å². The molecule has 0 aliphatic carbocycles. The Labute approximate surface area is 108 Å². The number of hydrogen-bond donors (Lipinski definition) is 2. The number of fused-ring (bicyclic) bond motifs is 1. The number of benzene rings is 1. The number of halogens is 1. The molecule has 1 aliphatic heterocycles. The first-order chi connectivity index (χ1) is 9.08. The number of nitrogens with two attached hydrogens (primary N) is 1. The molecular formula is C12H12FN3O3. The van der Waals surface area contributed by atoms with E-state index in [0.717, 1.165) is 0 Å². The van der Waals surface area contributed by atoms with Crippen molar-refractivity contribution in [3.63, 3.8) is 0 Å². The predicted octanol–water partition coefficient (Wildman–Crippen LogP) is 1.29. The third-order valence-electron chi connectivity index (χ3n) is 2.92. The summed E-state index contributed by atoms with van der Waals surface area (Å²) in [6.07, 6.45) is 0. The molecule has 2 aromatic rings. The first-order valence-corrected chi connectivity index (χ1v) is 5.69. The van der Waals surface area contributed by atoms with Gasteiger partial charge in [-0.15, -0.1) is 0 Å². The van der Waals surface area contributed by atoms with Crippen LogP contribution in [0.3, 0.4) is 0 Å². The summed E-state index contributed by atoms with van der Waals surface area (Å²) >= 11 is 0. The van der Waals surface area contributed by atoms with E-state index in [0.29, 0.717) is 24.8 Å². The lowest BCUT2D eigenvalue weighted by molar-refractivity contribution is 0.170. The van der Waals surface area contributed by atoms with E-state index in [4.69, 9.17) is 15.2 Å². The highest BCUT2D eigenvalue weighted by Gasteiger charge is 2.26. The maximum absolute atomic E-state index is 14.1. The van der Waals surface area contributed by atoms with Gasteiger partial charge in [0.15, 0.2) is 23.1 Å². The number of aromatic hydroxyl groups is 1. The standard InChI is InChI=1S/C12H12FN3O3/c1-16-9(14)4-6(15-16)10-11(13)7(17)5-8-12(10)19-3-2-18-8/h4-5,17H,2-3,14H2,1H3. The van der Waals surface area contributed by atoms with Crippen LogP contribution < -0.4 is 15.2 Å².